The largest absolute Gasteiger partial charge is 0.388 e. The van der Waals surface area contributed by atoms with E-state index >= 15 is 0 Å². The van der Waals surface area contributed by atoms with E-state index < -0.39 is 32.0 Å². The van der Waals surface area contributed by atoms with Crippen molar-refractivity contribution < 1.29 is 13.4 Å². The second kappa shape index (κ2) is 4.14. The summed E-state index contributed by atoms with van der Waals surface area (Å²) in [5.41, 5.74) is 1.64. The normalized spacial score (nSPS) is 10.4. The third kappa shape index (κ3) is 2.85. The molecular weight excluding hydrogens is 208 g/mol. The lowest BCUT2D eigenvalue weighted by atomic mass is 11.3. The smallest absolute Gasteiger partial charge is 0.380 e. The fourth-order valence-corrected chi connectivity index (χ4v) is 21.0. The molecule has 0 spiro atoms. The predicted molar refractivity (Wildman–Crippen MR) is 47.0 cm³/mol. The molecule has 0 fully saturated rings. The molecule has 1 radical (unpaired) electrons. The van der Waals surface area contributed by atoms with E-state index in [9.17, 15) is 13.4 Å². The van der Waals surface area contributed by atoms with E-state index in [0.29, 0.717) is 0 Å². The molecule has 0 aromatic heterocycles. The first kappa shape index (κ1) is 11.0. The van der Waals surface area contributed by atoms with Crippen molar-refractivity contribution in [3.05, 3.63) is 12.3 Å². The van der Waals surface area contributed by atoms with Crippen LogP contribution in [0.1, 0.15) is 0 Å². The van der Waals surface area contributed by atoms with Crippen molar-refractivity contribution in [2.24, 2.45) is 0 Å². The van der Waals surface area contributed by atoms with Gasteiger partial charge in [0.1, 0.15) is 7.59 Å². The van der Waals surface area contributed by atoms with Gasteiger partial charge in [0, 0.05) is 0 Å². The zero-order valence-electron chi connectivity index (χ0n) is 6.51. The Morgan fingerprint density at radius 1 is 1.45 bits per heavy atom. The molecule has 0 saturated heterocycles. The van der Waals surface area contributed by atoms with E-state index in [1.165, 1.54) is 0 Å². The molecule has 0 unspecified atom stereocenters. The third-order valence-corrected chi connectivity index (χ3v) is 23.2. The van der Waals surface area contributed by atoms with Crippen LogP contribution in [-0.4, -0.2) is 32.0 Å². The van der Waals surface area contributed by atoms with Crippen LogP contribution >= 0.6 is 0 Å². The second-order valence-corrected chi connectivity index (χ2v) is 21.0. The fraction of sp³-hybridized carbons (Fsp3) is 0.500. The van der Waals surface area contributed by atoms with Gasteiger partial charge in [0.15, 0.2) is 0 Å². The molecule has 0 N–H and O–H groups in total. The van der Waals surface area contributed by atoms with E-state index in [-0.39, 0.29) is 0 Å². The van der Waals surface area contributed by atoms with Gasteiger partial charge in [0.2, 0.25) is 0 Å². The molecule has 0 saturated carbocycles. The van der Waals surface area contributed by atoms with Crippen LogP contribution in [0.3, 0.4) is 0 Å². The van der Waals surface area contributed by atoms with Crippen LogP contribution in [0.15, 0.2) is 12.3 Å². The van der Waals surface area contributed by atoms with Crippen molar-refractivity contribution in [2.45, 2.75) is 13.1 Å². The standard InChI is InChI=1S/C4H9O3Si4/c1-4-11(2,3)10(7)9(6)8-5/h4H,1H2,2-3H3. The SMILES string of the molecule is C=C[Si](C)(C)[Si](=O)[Si](=O)[Si]=O. The van der Waals surface area contributed by atoms with Gasteiger partial charge in [0.25, 0.3) is 0 Å². The van der Waals surface area contributed by atoms with Crippen molar-refractivity contribution in [3.8, 4) is 0 Å². The van der Waals surface area contributed by atoms with Crippen LogP contribution in [0.2, 0.25) is 13.1 Å². The van der Waals surface area contributed by atoms with E-state index in [1.807, 2.05) is 13.1 Å². The first-order chi connectivity index (χ1) is 4.95. The minimum Gasteiger partial charge on any atom is -0.388 e. The Morgan fingerprint density at radius 3 is 2.18 bits per heavy atom. The maximum absolute atomic E-state index is 11.3. The first-order valence-electron chi connectivity index (χ1n) is 3.06. The number of rotatable bonds is 4. The molecule has 0 heterocycles. The highest BCUT2D eigenvalue weighted by Gasteiger charge is 2.36. The van der Waals surface area contributed by atoms with Crippen LogP contribution in [0.5, 0.6) is 0 Å². The van der Waals surface area contributed by atoms with Crippen LogP contribution in [0, 0.1) is 0 Å². The topological polar surface area (TPSA) is 51.2 Å². The molecule has 0 rings (SSSR count). The zero-order valence-corrected chi connectivity index (χ0v) is 10.5. The Bertz CT molecular complexity index is 221. The summed E-state index contributed by atoms with van der Waals surface area (Å²) in [6.07, 6.45) is 0. The molecule has 0 aromatic rings. The molecule has 7 heteroatoms. The molecule has 0 aliphatic carbocycles. The lowest BCUT2D eigenvalue weighted by molar-refractivity contribution is 0.551. The summed E-state index contributed by atoms with van der Waals surface area (Å²) >= 11 is 0. The number of hydrogen-bond acceptors (Lipinski definition) is 3. The molecule has 0 aliphatic rings. The van der Waals surface area contributed by atoms with E-state index in [1.54, 1.807) is 5.70 Å². The van der Waals surface area contributed by atoms with Crippen molar-refractivity contribution in [2.75, 3.05) is 0 Å². The van der Waals surface area contributed by atoms with E-state index in [2.05, 4.69) is 6.58 Å². The quantitative estimate of drug-likeness (QED) is 0.621. The van der Waals surface area contributed by atoms with Crippen molar-refractivity contribution in [1.82, 2.24) is 0 Å². The molecular formula is C4H9O3Si4. The first-order valence-corrected chi connectivity index (χ1v) is 12.9. The minimum atomic E-state index is -2.32. The Morgan fingerprint density at radius 2 is 1.91 bits per heavy atom. The molecule has 0 aliphatic heterocycles. The molecule has 0 atom stereocenters. The zero-order chi connectivity index (χ0) is 9.07. The van der Waals surface area contributed by atoms with Crippen molar-refractivity contribution >= 4 is 32.0 Å². The third-order valence-electron chi connectivity index (χ3n) is 1.39. The summed E-state index contributed by atoms with van der Waals surface area (Å²) in [6.45, 7) is 7.18. The lowest BCUT2D eigenvalue weighted by Crippen LogP contribution is -2.45. The van der Waals surface area contributed by atoms with Crippen molar-refractivity contribution in [3.63, 3.8) is 0 Å². The Hall–Kier alpha value is 0.00753. The summed E-state index contributed by atoms with van der Waals surface area (Å²) in [7, 11) is -7.36. The van der Waals surface area contributed by atoms with Crippen LogP contribution in [0.4, 0.5) is 0 Å². The lowest BCUT2D eigenvalue weighted by Gasteiger charge is -2.09. The van der Waals surface area contributed by atoms with Crippen molar-refractivity contribution in [1.29, 1.82) is 0 Å². The summed E-state index contributed by atoms with van der Waals surface area (Å²) in [5.74, 6) is 0. The average Bonchev–Trinajstić information content (AvgIpc) is 2.01. The second-order valence-electron chi connectivity index (χ2n) is 2.69. The molecule has 11 heavy (non-hydrogen) atoms. The highest BCUT2D eigenvalue weighted by atomic mass is 29.8. The average molecular weight is 217 g/mol. The fourth-order valence-electron chi connectivity index (χ4n) is 0.432. The summed E-state index contributed by atoms with van der Waals surface area (Å²) in [4.78, 5) is 0. The van der Waals surface area contributed by atoms with Gasteiger partial charge in [-0.15, -0.1) is 6.58 Å². The monoisotopic (exact) mass is 217 g/mol. The number of hydrogen-bond donors (Lipinski definition) is 0. The van der Waals surface area contributed by atoms with Gasteiger partial charge in [-0.1, -0.05) is 18.8 Å². The Kier molecular flexibility index (Phi) is 4.14. The maximum atomic E-state index is 11.3. The van der Waals surface area contributed by atoms with Crippen LogP contribution in [0.25, 0.3) is 0 Å². The van der Waals surface area contributed by atoms with Gasteiger partial charge in [-0.3, -0.25) is 0 Å². The molecule has 0 bridgehead atoms. The molecule has 0 aromatic carbocycles. The van der Waals surface area contributed by atoms with Crippen LogP contribution in [-0.2, 0) is 13.4 Å². The van der Waals surface area contributed by atoms with Gasteiger partial charge in [-0.25, -0.2) is 0 Å². The highest BCUT2D eigenvalue weighted by Crippen LogP contribution is 2.01. The Balaban J connectivity index is 4.61. The summed E-state index contributed by atoms with van der Waals surface area (Å²) < 4.78 is 32.5. The van der Waals surface area contributed by atoms with Gasteiger partial charge in [-0.2, -0.15) is 0 Å². The minimum absolute atomic E-state index is 0.896. The van der Waals surface area contributed by atoms with E-state index in [0.717, 1.165) is 0 Å². The van der Waals surface area contributed by atoms with Gasteiger partial charge in [-0.05, 0) is 0 Å². The highest BCUT2D eigenvalue weighted by molar-refractivity contribution is 7.57. The van der Waals surface area contributed by atoms with Gasteiger partial charge < -0.3 is 13.4 Å². The maximum Gasteiger partial charge on any atom is 0.380 e. The molecule has 59 valence electrons. The molecule has 3 nitrogen and oxygen atoms in total. The molecule has 0 amide bonds. The van der Waals surface area contributed by atoms with Crippen LogP contribution < -0.4 is 0 Å². The Labute approximate surface area is 71.1 Å². The van der Waals surface area contributed by atoms with E-state index in [4.69, 9.17) is 0 Å². The van der Waals surface area contributed by atoms with Gasteiger partial charge in [0.05, 0.1) is 0 Å². The summed E-state index contributed by atoms with van der Waals surface area (Å²) in [6, 6.07) is 0. The van der Waals surface area contributed by atoms with Gasteiger partial charge >= 0.3 is 24.4 Å². The summed E-state index contributed by atoms with van der Waals surface area (Å²) in [5, 5.41) is 0. The predicted octanol–water partition coefficient (Wildman–Crippen LogP) is -0.0328.